The van der Waals surface area contributed by atoms with Gasteiger partial charge in [-0.3, -0.25) is 4.98 Å². The molecule has 2 N–H and O–H groups in total. The van der Waals surface area contributed by atoms with E-state index in [2.05, 4.69) is 69.3 Å². The average molecular weight is 430 g/mol. The molecule has 2 aliphatic rings. The SMILES string of the molecule is CCCc1ccnc(-c2cc3cc4ccc(cc5nc(cc6nc(cc2[nH]3)C=C6)C=C5)[nH]4)c1. The maximum absolute atomic E-state index is 4.78. The maximum Gasteiger partial charge on any atom is 0.0726 e. The summed E-state index contributed by atoms with van der Waals surface area (Å²) in [7, 11) is 0. The van der Waals surface area contributed by atoms with Gasteiger partial charge in [-0.15, -0.1) is 0 Å². The van der Waals surface area contributed by atoms with Gasteiger partial charge in [-0.25, -0.2) is 9.97 Å². The molecule has 5 nitrogen and oxygen atoms in total. The number of fused-ring (bicyclic) bond motifs is 8. The molecule has 6 heterocycles. The monoisotopic (exact) mass is 429 g/mol. The van der Waals surface area contributed by atoms with Crippen LogP contribution < -0.4 is 0 Å². The lowest BCUT2D eigenvalue weighted by molar-refractivity contribution is 0.919. The zero-order chi connectivity index (χ0) is 22.2. The molecule has 0 unspecified atom stereocenters. The Labute approximate surface area is 191 Å². The maximum atomic E-state index is 4.78. The summed E-state index contributed by atoms with van der Waals surface area (Å²) in [4.78, 5) is 21.2. The number of nitrogens with zero attached hydrogens (tertiary/aromatic N) is 3. The van der Waals surface area contributed by atoms with E-state index in [1.165, 1.54) is 5.56 Å². The first kappa shape index (κ1) is 19.4. The smallest absolute Gasteiger partial charge is 0.0726 e. The van der Waals surface area contributed by atoms with Crippen LogP contribution in [0.25, 0.3) is 57.6 Å². The van der Waals surface area contributed by atoms with Gasteiger partial charge in [-0.05, 0) is 90.9 Å². The van der Waals surface area contributed by atoms with Gasteiger partial charge in [0.2, 0.25) is 0 Å². The lowest BCUT2D eigenvalue weighted by Gasteiger charge is -2.02. The Bertz CT molecular complexity index is 1580. The van der Waals surface area contributed by atoms with E-state index >= 15 is 0 Å². The van der Waals surface area contributed by atoms with Crippen LogP contribution in [-0.2, 0) is 6.42 Å². The molecule has 0 saturated carbocycles. The number of aromatic amines is 2. The van der Waals surface area contributed by atoms with Crippen LogP contribution in [0.1, 0.15) is 41.7 Å². The lowest BCUT2D eigenvalue weighted by Crippen LogP contribution is -1.87. The molecule has 0 aromatic carbocycles. The Kier molecular flexibility index (Phi) is 4.73. The number of hydrogen-bond acceptors (Lipinski definition) is 3. The number of aromatic nitrogens is 5. The van der Waals surface area contributed by atoms with Crippen LogP contribution in [0.15, 0.2) is 60.8 Å². The summed E-state index contributed by atoms with van der Waals surface area (Å²) in [6.45, 7) is 2.20. The molecule has 0 saturated heterocycles. The second kappa shape index (κ2) is 8.02. The Hall–Kier alpha value is -4.25. The Morgan fingerprint density at radius 3 is 2.12 bits per heavy atom. The Balaban J connectivity index is 1.63. The summed E-state index contributed by atoms with van der Waals surface area (Å²) >= 11 is 0. The molecule has 2 aliphatic heterocycles. The third-order valence-corrected chi connectivity index (χ3v) is 5.81. The van der Waals surface area contributed by atoms with E-state index in [-0.39, 0.29) is 0 Å². The summed E-state index contributed by atoms with van der Waals surface area (Å²) in [6, 6.07) is 18.8. The molecule has 4 aromatic rings. The zero-order valence-corrected chi connectivity index (χ0v) is 18.3. The molecular weight excluding hydrogens is 406 g/mol. The predicted molar refractivity (Wildman–Crippen MR) is 136 cm³/mol. The minimum atomic E-state index is 0.892. The second-order valence-electron chi connectivity index (χ2n) is 8.39. The minimum Gasteiger partial charge on any atom is -0.355 e. The van der Waals surface area contributed by atoms with Crippen molar-refractivity contribution in [2.24, 2.45) is 0 Å². The van der Waals surface area contributed by atoms with Crippen LogP contribution in [-0.4, -0.2) is 24.9 Å². The van der Waals surface area contributed by atoms with Crippen molar-refractivity contribution < 1.29 is 0 Å². The molecule has 0 fully saturated rings. The average Bonchev–Trinajstić information content (AvgIpc) is 3.59. The van der Waals surface area contributed by atoms with Gasteiger partial charge in [0, 0.05) is 28.3 Å². The largest absolute Gasteiger partial charge is 0.355 e. The molecular formula is C28H23N5. The molecule has 33 heavy (non-hydrogen) atoms. The topological polar surface area (TPSA) is 70.2 Å². The van der Waals surface area contributed by atoms with Crippen molar-refractivity contribution in [2.75, 3.05) is 0 Å². The van der Waals surface area contributed by atoms with Crippen molar-refractivity contribution in [1.29, 1.82) is 0 Å². The number of pyridine rings is 1. The van der Waals surface area contributed by atoms with Gasteiger partial charge < -0.3 is 9.97 Å². The summed E-state index contributed by atoms with van der Waals surface area (Å²) in [5, 5.41) is 0. The number of hydrogen-bond donors (Lipinski definition) is 2. The summed E-state index contributed by atoms with van der Waals surface area (Å²) in [5.74, 6) is 0. The van der Waals surface area contributed by atoms with E-state index in [4.69, 9.17) is 4.98 Å². The van der Waals surface area contributed by atoms with E-state index in [1.807, 2.05) is 42.6 Å². The normalized spacial score (nSPS) is 12.4. The molecule has 0 atom stereocenters. The first-order chi connectivity index (χ1) is 16.2. The van der Waals surface area contributed by atoms with Crippen molar-refractivity contribution in [3.05, 3.63) is 89.1 Å². The van der Waals surface area contributed by atoms with Crippen LogP contribution >= 0.6 is 0 Å². The summed E-state index contributed by atoms with van der Waals surface area (Å²) < 4.78 is 0. The predicted octanol–water partition coefficient (Wildman–Crippen LogP) is 6.67. The number of rotatable bonds is 3. The second-order valence-corrected chi connectivity index (χ2v) is 8.39. The fourth-order valence-electron chi connectivity index (χ4n) is 4.30. The highest BCUT2D eigenvalue weighted by Gasteiger charge is 2.08. The van der Waals surface area contributed by atoms with Gasteiger partial charge in [-0.2, -0.15) is 0 Å². The molecule has 4 aromatic heterocycles. The van der Waals surface area contributed by atoms with Crippen molar-refractivity contribution >= 4 is 46.4 Å². The highest BCUT2D eigenvalue weighted by atomic mass is 14.8. The van der Waals surface area contributed by atoms with E-state index < -0.39 is 0 Å². The number of aryl methyl sites for hydroxylation is 1. The van der Waals surface area contributed by atoms with Gasteiger partial charge in [0.25, 0.3) is 0 Å². The van der Waals surface area contributed by atoms with E-state index in [1.54, 1.807) is 0 Å². The van der Waals surface area contributed by atoms with Gasteiger partial charge in [-0.1, -0.05) is 13.3 Å². The van der Waals surface area contributed by atoms with Gasteiger partial charge in [0.1, 0.15) is 0 Å². The molecule has 160 valence electrons. The fourth-order valence-corrected chi connectivity index (χ4v) is 4.30. The fraction of sp³-hybridized carbons (Fsp3) is 0.107. The third kappa shape index (κ3) is 4.01. The molecule has 0 aliphatic carbocycles. The van der Waals surface area contributed by atoms with Crippen LogP contribution in [0.2, 0.25) is 0 Å². The highest BCUT2D eigenvalue weighted by Crippen LogP contribution is 2.27. The minimum absolute atomic E-state index is 0.892. The van der Waals surface area contributed by atoms with Gasteiger partial charge in [0.05, 0.1) is 34.0 Å². The van der Waals surface area contributed by atoms with Gasteiger partial charge in [0.15, 0.2) is 0 Å². The molecule has 0 spiro atoms. The Morgan fingerprint density at radius 2 is 1.36 bits per heavy atom. The molecule has 0 radical (unpaired) electrons. The number of nitrogens with one attached hydrogen (secondary N) is 2. The van der Waals surface area contributed by atoms with Crippen molar-refractivity contribution in [2.45, 2.75) is 19.8 Å². The van der Waals surface area contributed by atoms with E-state index in [9.17, 15) is 0 Å². The zero-order valence-electron chi connectivity index (χ0n) is 18.3. The van der Waals surface area contributed by atoms with Gasteiger partial charge >= 0.3 is 0 Å². The van der Waals surface area contributed by atoms with E-state index in [0.717, 1.165) is 68.9 Å². The van der Waals surface area contributed by atoms with Crippen molar-refractivity contribution in [1.82, 2.24) is 24.9 Å². The van der Waals surface area contributed by atoms with Crippen LogP contribution in [0.3, 0.4) is 0 Å². The quantitative estimate of drug-likeness (QED) is 0.330. The first-order valence-electron chi connectivity index (χ1n) is 11.3. The van der Waals surface area contributed by atoms with Crippen LogP contribution in [0, 0.1) is 0 Å². The summed E-state index contributed by atoms with van der Waals surface area (Å²) in [5.41, 5.74) is 11.0. The molecule has 5 heteroatoms. The summed E-state index contributed by atoms with van der Waals surface area (Å²) in [6.07, 6.45) is 12.1. The molecule has 0 amide bonds. The first-order valence-corrected chi connectivity index (χ1v) is 11.3. The van der Waals surface area contributed by atoms with Crippen molar-refractivity contribution in [3.8, 4) is 11.3 Å². The Morgan fingerprint density at radius 1 is 0.667 bits per heavy atom. The number of H-pyrrole nitrogens is 2. The standard InChI is InChI=1S/C28H23N5/c1-2-3-18-10-11-29-27(12-18)26-16-25-15-23-7-6-21(31-23)13-19-4-5-20(30-19)14-22-8-9-24(32-22)17-28(26)33-25/h4-17,31,33H,2-3H2,1H3. The van der Waals surface area contributed by atoms with Crippen LogP contribution in [0.4, 0.5) is 0 Å². The molecule has 8 bridgehead atoms. The van der Waals surface area contributed by atoms with E-state index in [0.29, 0.717) is 0 Å². The lowest BCUT2D eigenvalue weighted by atomic mass is 10.1. The third-order valence-electron chi connectivity index (χ3n) is 5.81. The molecule has 6 rings (SSSR count). The van der Waals surface area contributed by atoms with Crippen molar-refractivity contribution in [3.63, 3.8) is 0 Å². The highest BCUT2D eigenvalue weighted by molar-refractivity contribution is 5.86. The van der Waals surface area contributed by atoms with Crippen LogP contribution in [0.5, 0.6) is 0 Å².